The van der Waals surface area contributed by atoms with E-state index in [9.17, 15) is 27.8 Å². The number of piperidine rings is 1. The van der Waals surface area contributed by atoms with Crippen LogP contribution in [-0.4, -0.2) is 97.8 Å². The molecule has 5 heterocycles. The van der Waals surface area contributed by atoms with Gasteiger partial charge in [-0.05, 0) is 67.7 Å². The van der Waals surface area contributed by atoms with Crippen molar-refractivity contribution in [2.45, 2.75) is 68.9 Å². The van der Waals surface area contributed by atoms with E-state index < -0.39 is 17.6 Å². The lowest BCUT2D eigenvalue weighted by atomic mass is 9.90. The summed E-state index contributed by atoms with van der Waals surface area (Å²) in [5.41, 5.74) is -1.21. The van der Waals surface area contributed by atoms with E-state index >= 15 is 0 Å². The molecule has 258 valence electrons. The molecule has 8 rings (SSSR count). The number of ether oxygens (including phenoxy) is 1. The first kappa shape index (κ1) is 32.0. The van der Waals surface area contributed by atoms with Crippen LogP contribution in [0.2, 0.25) is 0 Å². The van der Waals surface area contributed by atoms with Gasteiger partial charge in [0, 0.05) is 55.6 Å². The predicted octanol–water partition coefficient (Wildman–Crippen LogP) is 4.34. The average molecular weight is 680 g/mol. The first-order valence-electron chi connectivity index (χ1n) is 16.7. The minimum atomic E-state index is -4.64. The second kappa shape index (κ2) is 11.7. The second-order valence-electron chi connectivity index (χ2n) is 14.3. The third-order valence-corrected chi connectivity index (χ3v) is 10.8. The van der Waals surface area contributed by atoms with E-state index in [0.717, 1.165) is 38.8 Å². The number of phenols is 1. The van der Waals surface area contributed by atoms with E-state index in [0.29, 0.717) is 64.6 Å². The third kappa shape index (κ3) is 5.91. The number of hydrogen-bond acceptors (Lipinski definition) is 9. The summed E-state index contributed by atoms with van der Waals surface area (Å²) in [7, 11) is 0. The summed E-state index contributed by atoms with van der Waals surface area (Å²) < 4.78 is 63.1. The number of fused-ring (bicyclic) bond motifs is 4. The number of likely N-dealkylation sites (tertiary alicyclic amines) is 1. The van der Waals surface area contributed by atoms with Crippen molar-refractivity contribution < 1.29 is 32.5 Å². The molecule has 4 aliphatic rings. The maximum atomic E-state index is 14.8. The molecule has 0 unspecified atom stereocenters. The number of halogens is 4. The molecule has 2 aromatic heterocycles. The Labute approximate surface area is 280 Å². The van der Waals surface area contributed by atoms with Crippen LogP contribution in [0, 0.1) is 23.6 Å². The summed E-state index contributed by atoms with van der Waals surface area (Å²) in [5.74, 6) is 2.77. The minimum absolute atomic E-state index is 0.0173. The Bertz CT molecular complexity index is 1950. The molecule has 14 heteroatoms. The maximum Gasteiger partial charge on any atom is 0.417 e. The first-order valence-corrected chi connectivity index (χ1v) is 16.7. The van der Waals surface area contributed by atoms with E-state index in [2.05, 4.69) is 21.1 Å². The largest absolute Gasteiger partial charge is 0.508 e. The fourth-order valence-electron chi connectivity index (χ4n) is 7.77. The molecule has 0 spiro atoms. The van der Waals surface area contributed by atoms with Crippen LogP contribution < -0.4 is 15.0 Å². The number of nitrogens with zero attached hydrogens (tertiary/aromatic N) is 6. The monoisotopic (exact) mass is 679 g/mol. The number of rotatable bonds is 8. The van der Waals surface area contributed by atoms with Gasteiger partial charge in [0.05, 0.1) is 25.0 Å². The number of anilines is 1. The molecule has 2 atom stereocenters. The summed E-state index contributed by atoms with van der Waals surface area (Å²) in [5, 5.41) is 25.4. The summed E-state index contributed by atoms with van der Waals surface area (Å²) in [6.07, 6.45) is 5.87. The van der Waals surface area contributed by atoms with E-state index in [4.69, 9.17) is 21.1 Å². The molecule has 4 aromatic rings. The zero-order valence-corrected chi connectivity index (χ0v) is 26.8. The lowest BCUT2D eigenvalue weighted by Crippen LogP contribution is -2.54. The van der Waals surface area contributed by atoms with E-state index in [-0.39, 0.29) is 49.2 Å². The molecule has 1 saturated carbocycles. The number of alkyl halides is 3. The van der Waals surface area contributed by atoms with Crippen LogP contribution in [0.1, 0.15) is 49.7 Å². The van der Waals surface area contributed by atoms with Gasteiger partial charge in [-0.1, -0.05) is 12.0 Å². The average Bonchev–Trinajstić information content (AvgIpc) is 3.59. The van der Waals surface area contributed by atoms with Gasteiger partial charge in [-0.2, -0.15) is 23.1 Å². The number of benzene rings is 2. The van der Waals surface area contributed by atoms with Crippen molar-refractivity contribution in [1.29, 1.82) is 0 Å². The number of aliphatic hydroxyl groups is 1. The smallest absolute Gasteiger partial charge is 0.417 e. The van der Waals surface area contributed by atoms with Gasteiger partial charge in [0.2, 0.25) is 11.8 Å². The van der Waals surface area contributed by atoms with E-state index in [1.807, 2.05) is 9.47 Å². The van der Waals surface area contributed by atoms with Crippen molar-refractivity contribution in [3.8, 4) is 24.0 Å². The lowest BCUT2D eigenvalue weighted by molar-refractivity contribution is -0.273. The molecule has 1 aliphatic carbocycles. The molecule has 10 nitrogen and oxygen atoms in total. The molecule has 2 bridgehead atoms. The molecule has 2 aromatic carbocycles. The number of nitrogens with one attached hydrogen (secondary N) is 1. The Balaban J connectivity index is 1.09. The number of terminal acetylenes is 1. The van der Waals surface area contributed by atoms with Crippen LogP contribution in [0.5, 0.6) is 11.6 Å². The highest BCUT2D eigenvalue weighted by Crippen LogP contribution is 2.48. The molecule has 49 heavy (non-hydrogen) atoms. The fourth-order valence-corrected chi connectivity index (χ4v) is 7.77. The zero-order valence-electron chi connectivity index (χ0n) is 26.8. The minimum Gasteiger partial charge on any atom is -0.508 e. The van der Waals surface area contributed by atoms with Crippen LogP contribution in [-0.2, 0) is 6.54 Å². The van der Waals surface area contributed by atoms with Crippen LogP contribution in [0.25, 0.3) is 21.9 Å². The highest BCUT2D eigenvalue weighted by molar-refractivity contribution is 5.92. The van der Waals surface area contributed by atoms with Crippen molar-refractivity contribution in [2.75, 3.05) is 44.2 Å². The number of aromatic hydroxyl groups is 1. The zero-order chi connectivity index (χ0) is 34.1. The molecule has 4 fully saturated rings. The Morgan fingerprint density at radius 2 is 1.80 bits per heavy atom. The summed E-state index contributed by atoms with van der Waals surface area (Å²) in [6, 6.07) is 6.64. The normalized spacial score (nSPS) is 23.2. The Kier molecular flexibility index (Phi) is 7.66. The molecular formula is C35H37F4N7O3. The topological polar surface area (TPSA) is 112 Å². The lowest BCUT2D eigenvalue weighted by Gasteiger charge is -2.40. The van der Waals surface area contributed by atoms with Crippen LogP contribution >= 0.6 is 0 Å². The summed E-state index contributed by atoms with van der Waals surface area (Å²) in [4.78, 5) is 18.6. The number of phenolic OH excluding ortho intramolecular Hbond substituents is 1. The van der Waals surface area contributed by atoms with Crippen molar-refractivity contribution in [3.63, 3.8) is 0 Å². The summed E-state index contributed by atoms with van der Waals surface area (Å²) >= 11 is 0. The van der Waals surface area contributed by atoms with E-state index in [1.165, 1.54) is 6.07 Å². The first-order chi connectivity index (χ1) is 23.4. The van der Waals surface area contributed by atoms with Gasteiger partial charge in [-0.15, -0.1) is 6.42 Å². The number of piperazine rings is 1. The Morgan fingerprint density at radius 3 is 2.47 bits per heavy atom. The highest BCUT2D eigenvalue weighted by Gasteiger charge is 2.55. The van der Waals surface area contributed by atoms with Crippen LogP contribution in [0.15, 0.2) is 30.6 Å². The molecule has 3 saturated heterocycles. The molecule has 0 radical (unpaired) electrons. The van der Waals surface area contributed by atoms with Crippen molar-refractivity contribution in [2.24, 2.45) is 5.41 Å². The van der Waals surface area contributed by atoms with Crippen molar-refractivity contribution >= 4 is 27.9 Å². The van der Waals surface area contributed by atoms with Gasteiger partial charge in [0.1, 0.15) is 11.6 Å². The van der Waals surface area contributed by atoms with Crippen molar-refractivity contribution in [3.05, 3.63) is 47.5 Å². The Hall–Kier alpha value is -4.19. The maximum absolute atomic E-state index is 14.8. The number of hydrogen-bond donors (Lipinski definition) is 3. The van der Waals surface area contributed by atoms with Gasteiger partial charge in [-0.3, -0.25) is 0 Å². The fraction of sp³-hybridized carbons (Fsp3) is 0.514. The quantitative estimate of drug-likeness (QED) is 0.185. The Morgan fingerprint density at radius 1 is 1.06 bits per heavy atom. The van der Waals surface area contributed by atoms with Crippen LogP contribution in [0.4, 0.5) is 23.5 Å². The molecule has 3 aliphatic heterocycles. The predicted molar refractivity (Wildman–Crippen MR) is 174 cm³/mol. The third-order valence-electron chi connectivity index (χ3n) is 10.8. The molecular weight excluding hydrogens is 642 g/mol. The van der Waals surface area contributed by atoms with E-state index in [1.54, 1.807) is 24.5 Å². The van der Waals surface area contributed by atoms with Gasteiger partial charge in [0.15, 0.2) is 16.8 Å². The molecule has 3 N–H and O–H groups in total. The van der Waals surface area contributed by atoms with Gasteiger partial charge in [0.25, 0.3) is 0 Å². The second-order valence-corrected chi connectivity index (χ2v) is 14.3. The number of imidazole rings is 1. The number of aromatic nitrogens is 4. The van der Waals surface area contributed by atoms with Gasteiger partial charge in [-0.25, -0.2) is 9.37 Å². The van der Waals surface area contributed by atoms with Crippen LogP contribution in [0.3, 0.4) is 0 Å². The SMILES string of the molecule is C#Cc1c(F)ccc2cc(O)cc(Cn3cnc4c(OCC5(CN6CCC(O)(C(F)(F)F)CC6)CC5)nc(N5C[C@H]6CC[C@@H](C5)N6)nc43)c12. The standard InChI is InChI=1S/C35H37F4N7O3/c1-2-26-27(36)6-3-21-13-25(47)14-22(28(21)26)15-46-20-40-29-30(46)42-32(45-16-23-4-5-24(17-45)41-23)43-31(29)49-19-33(7-8-33)18-44-11-9-34(48,10-12-44)35(37,38)39/h1,3,6,13-14,20,23-24,41,47-48H,4-5,7-12,15-19H2/t23-,24+. The summed E-state index contributed by atoms with van der Waals surface area (Å²) in [6.45, 7) is 2.85. The van der Waals surface area contributed by atoms with Crippen molar-refractivity contribution in [1.82, 2.24) is 29.7 Å². The molecule has 0 amide bonds. The van der Waals surface area contributed by atoms with Gasteiger partial charge >= 0.3 is 6.18 Å². The highest BCUT2D eigenvalue weighted by atomic mass is 19.4. The van der Waals surface area contributed by atoms with Gasteiger partial charge < -0.3 is 34.6 Å².